The molecule has 0 bridgehead atoms. The van der Waals surface area contributed by atoms with E-state index in [-0.39, 0.29) is 23.0 Å². The molecule has 1 aliphatic heterocycles. The summed E-state index contributed by atoms with van der Waals surface area (Å²) in [7, 11) is 3.20. The summed E-state index contributed by atoms with van der Waals surface area (Å²) in [5, 5.41) is 7.11. The number of carbonyl (C=O) groups excluding carboxylic acids is 2. The molecular weight excluding hydrogens is 452 g/mol. The van der Waals surface area contributed by atoms with E-state index < -0.39 is 0 Å². The molecule has 1 aliphatic carbocycles. The molecule has 184 valence electrons. The number of hydrogen-bond acceptors (Lipinski definition) is 6. The van der Waals surface area contributed by atoms with Crippen molar-refractivity contribution < 1.29 is 19.1 Å². The van der Waals surface area contributed by atoms with Gasteiger partial charge in [-0.1, -0.05) is 50.2 Å². The van der Waals surface area contributed by atoms with E-state index in [0.29, 0.717) is 34.6 Å². The zero-order chi connectivity index (χ0) is 25.4. The molecule has 0 saturated heterocycles. The van der Waals surface area contributed by atoms with Crippen LogP contribution in [0.3, 0.4) is 0 Å². The van der Waals surface area contributed by atoms with Gasteiger partial charge in [-0.05, 0) is 47.7 Å². The second-order valence-corrected chi connectivity index (χ2v) is 10.1. The fourth-order valence-electron chi connectivity index (χ4n) is 5.12. The van der Waals surface area contributed by atoms with Crippen LogP contribution in [0.2, 0.25) is 0 Å². The SMILES string of the molecule is COc1ccc([C@@H]2Nc3ccc(C(=O)c4ccccc4)cc3NC3=C2C(=O)CC(C)(C)C3)cc1OC. The molecule has 0 unspecified atom stereocenters. The van der Waals surface area contributed by atoms with Gasteiger partial charge >= 0.3 is 0 Å². The lowest BCUT2D eigenvalue weighted by molar-refractivity contribution is -0.118. The van der Waals surface area contributed by atoms with Crippen LogP contribution in [0.25, 0.3) is 0 Å². The van der Waals surface area contributed by atoms with Gasteiger partial charge in [0.25, 0.3) is 0 Å². The zero-order valence-electron chi connectivity index (χ0n) is 21.0. The van der Waals surface area contributed by atoms with Gasteiger partial charge in [0.05, 0.1) is 31.6 Å². The molecule has 3 aromatic carbocycles. The molecule has 6 nitrogen and oxygen atoms in total. The first-order chi connectivity index (χ1) is 17.3. The van der Waals surface area contributed by atoms with Crippen LogP contribution in [-0.2, 0) is 4.79 Å². The number of hydrogen-bond donors (Lipinski definition) is 2. The molecule has 2 N–H and O–H groups in total. The predicted octanol–water partition coefficient (Wildman–Crippen LogP) is 6.16. The first-order valence-corrected chi connectivity index (χ1v) is 12.0. The first-order valence-electron chi connectivity index (χ1n) is 12.0. The van der Waals surface area contributed by atoms with Crippen molar-refractivity contribution >= 4 is 22.9 Å². The molecule has 0 aromatic heterocycles. The number of Topliss-reactive ketones (excluding diaryl/α,β-unsaturated/α-hetero) is 1. The average Bonchev–Trinajstić information content (AvgIpc) is 3.03. The molecule has 2 aliphatic rings. The Labute approximate surface area is 211 Å². The molecule has 0 saturated carbocycles. The van der Waals surface area contributed by atoms with Crippen LogP contribution in [0.1, 0.15) is 54.2 Å². The van der Waals surface area contributed by atoms with E-state index in [4.69, 9.17) is 9.47 Å². The maximum atomic E-state index is 13.5. The van der Waals surface area contributed by atoms with Crippen LogP contribution in [0.15, 0.2) is 78.0 Å². The van der Waals surface area contributed by atoms with Crippen molar-refractivity contribution in [3.05, 3.63) is 94.7 Å². The molecule has 36 heavy (non-hydrogen) atoms. The average molecular weight is 483 g/mol. The molecule has 0 spiro atoms. The summed E-state index contributed by atoms with van der Waals surface area (Å²) in [4.78, 5) is 26.7. The quantitative estimate of drug-likeness (QED) is 0.425. The number of ether oxygens (including phenoxy) is 2. The van der Waals surface area contributed by atoms with Crippen LogP contribution in [-0.4, -0.2) is 25.8 Å². The Balaban J connectivity index is 1.62. The van der Waals surface area contributed by atoms with E-state index in [0.717, 1.165) is 29.1 Å². The highest BCUT2D eigenvalue weighted by Gasteiger charge is 2.39. The number of nitrogens with one attached hydrogen (secondary N) is 2. The summed E-state index contributed by atoms with van der Waals surface area (Å²) in [5.41, 5.74) is 5.13. The van der Waals surface area contributed by atoms with E-state index in [1.165, 1.54) is 0 Å². The number of ketones is 2. The number of benzene rings is 3. The third kappa shape index (κ3) is 4.35. The van der Waals surface area contributed by atoms with Crippen LogP contribution < -0.4 is 20.1 Å². The van der Waals surface area contributed by atoms with Crippen LogP contribution >= 0.6 is 0 Å². The fraction of sp³-hybridized carbons (Fsp3) is 0.267. The van der Waals surface area contributed by atoms with Gasteiger partial charge in [0.1, 0.15) is 0 Å². The maximum Gasteiger partial charge on any atom is 0.193 e. The Bertz CT molecular complexity index is 1370. The van der Waals surface area contributed by atoms with Crippen molar-refractivity contribution in [2.75, 3.05) is 24.9 Å². The van der Waals surface area contributed by atoms with E-state index >= 15 is 0 Å². The molecule has 3 aromatic rings. The smallest absolute Gasteiger partial charge is 0.193 e. The fourth-order valence-corrected chi connectivity index (χ4v) is 5.12. The normalized spacial score (nSPS) is 18.2. The molecule has 0 fully saturated rings. The Hall–Kier alpha value is -4.06. The second-order valence-electron chi connectivity index (χ2n) is 10.1. The molecule has 0 radical (unpaired) electrons. The number of methoxy groups -OCH3 is 2. The van der Waals surface area contributed by atoms with E-state index in [1.807, 2.05) is 66.7 Å². The number of carbonyl (C=O) groups is 2. The Kier molecular flexibility index (Phi) is 6.04. The largest absolute Gasteiger partial charge is 0.493 e. The number of anilines is 2. The zero-order valence-corrected chi connectivity index (χ0v) is 21.0. The van der Waals surface area contributed by atoms with Crippen molar-refractivity contribution in [3.63, 3.8) is 0 Å². The van der Waals surface area contributed by atoms with Crippen LogP contribution in [0.5, 0.6) is 11.5 Å². The van der Waals surface area contributed by atoms with E-state index in [1.54, 1.807) is 14.2 Å². The lowest BCUT2D eigenvalue weighted by Crippen LogP contribution is -2.31. The monoisotopic (exact) mass is 482 g/mol. The maximum absolute atomic E-state index is 13.5. The molecule has 0 amide bonds. The lowest BCUT2D eigenvalue weighted by atomic mass is 9.73. The van der Waals surface area contributed by atoms with Gasteiger partial charge in [-0.25, -0.2) is 0 Å². The minimum Gasteiger partial charge on any atom is -0.493 e. The lowest BCUT2D eigenvalue weighted by Gasteiger charge is -2.34. The van der Waals surface area contributed by atoms with Gasteiger partial charge in [0.15, 0.2) is 23.1 Å². The Morgan fingerprint density at radius 3 is 2.33 bits per heavy atom. The van der Waals surface area contributed by atoms with Gasteiger partial charge in [0.2, 0.25) is 0 Å². The van der Waals surface area contributed by atoms with Crippen molar-refractivity contribution in [1.29, 1.82) is 0 Å². The summed E-state index contributed by atoms with van der Waals surface area (Å²) in [6.45, 7) is 4.21. The molecular formula is C30H30N2O4. The van der Waals surface area contributed by atoms with Crippen molar-refractivity contribution in [3.8, 4) is 11.5 Å². The van der Waals surface area contributed by atoms with Crippen molar-refractivity contribution in [2.45, 2.75) is 32.7 Å². The minimum absolute atomic E-state index is 0.0462. The summed E-state index contributed by atoms with van der Waals surface area (Å²) >= 11 is 0. The summed E-state index contributed by atoms with van der Waals surface area (Å²) in [6.07, 6.45) is 1.18. The molecule has 5 rings (SSSR count). The van der Waals surface area contributed by atoms with Crippen LogP contribution in [0.4, 0.5) is 11.4 Å². The molecule has 6 heteroatoms. The standard InChI is InChI=1S/C30H30N2O4/c1-30(2)16-23-27(24(33)17-30)28(19-11-13-25(35-3)26(15-19)36-4)32-21-12-10-20(14-22(21)31-23)29(34)18-8-6-5-7-9-18/h5-15,28,31-32H,16-17H2,1-4H3/t28-/m0/s1. The van der Waals surface area contributed by atoms with Gasteiger partial charge in [0, 0.05) is 28.8 Å². The highest BCUT2D eigenvalue weighted by atomic mass is 16.5. The van der Waals surface area contributed by atoms with Gasteiger partial charge < -0.3 is 20.1 Å². The van der Waals surface area contributed by atoms with Gasteiger partial charge in [-0.15, -0.1) is 0 Å². The number of rotatable bonds is 5. The van der Waals surface area contributed by atoms with Crippen LogP contribution in [0, 0.1) is 5.41 Å². The minimum atomic E-state index is -0.382. The van der Waals surface area contributed by atoms with E-state index in [2.05, 4.69) is 24.5 Å². The Morgan fingerprint density at radius 1 is 0.861 bits per heavy atom. The number of fused-ring (bicyclic) bond motifs is 1. The summed E-state index contributed by atoms with van der Waals surface area (Å²) in [6, 6.07) is 20.2. The third-order valence-electron chi connectivity index (χ3n) is 6.85. The summed E-state index contributed by atoms with van der Waals surface area (Å²) in [5.74, 6) is 1.29. The van der Waals surface area contributed by atoms with E-state index in [9.17, 15) is 9.59 Å². The van der Waals surface area contributed by atoms with Crippen molar-refractivity contribution in [1.82, 2.24) is 0 Å². The topological polar surface area (TPSA) is 76.7 Å². The van der Waals surface area contributed by atoms with Gasteiger partial charge in [-0.3, -0.25) is 9.59 Å². The first kappa shape index (κ1) is 23.7. The highest BCUT2D eigenvalue weighted by Crippen LogP contribution is 2.46. The number of allylic oxidation sites excluding steroid dienone is 1. The third-order valence-corrected chi connectivity index (χ3v) is 6.85. The summed E-state index contributed by atoms with van der Waals surface area (Å²) < 4.78 is 11.0. The Morgan fingerprint density at radius 2 is 1.61 bits per heavy atom. The predicted molar refractivity (Wildman–Crippen MR) is 141 cm³/mol. The highest BCUT2D eigenvalue weighted by molar-refractivity contribution is 6.10. The molecule has 1 atom stereocenters. The van der Waals surface area contributed by atoms with Gasteiger partial charge in [-0.2, -0.15) is 0 Å². The van der Waals surface area contributed by atoms with Crippen molar-refractivity contribution in [2.24, 2.45) is 5.41 Å². The molecule has 1 heterocycles. The second kappa shape index (κ2) is 9.19.